The van der Waals surface area contributed by atoms with E-state index in [1.54, 1.807) is 18.6 Å². The third-order valence-electron chi connectivity index (χ3n) is 6.13. The number of rotatable bonds is 8. The normalized spacial score (nSPS) is 22.6. The molecule has 4 rings (SSSR count). The van der Waals surface area contributed by atoms with Crippen molar-refractivity contribution in [2.45, 2.75) is 44.8 Å². The molecule has 170 valence electrons. The van der Waals surface area contributed by atoms with Gasteiger partial charge in [0, 0.05) is 44.5 Å². The third-order valence-corrected chi connectivity index (χ3v) is 6.13. The van der Waals surface area contributed by atoms with Crippen LogP contribution < -0.4 is 10.6 Å². The molecule has 0 saturated carbocycles. The highest BCUT2D eigenvalue weighted by molar-refractivity contribution is 5.85. The van der Waals surface area contributed by atoms with Crippen LogP contribution in [0.5, 0.6) is 0 Å². The second-order valence-electron chi connectivity index (χ2n) is 8.42. The Morgan fingerprint density at radius 3 is 2.77 bits per heavy atom. The molecule has 8 heteroatoms. The van der Waals surface area contributed by atoms with E-state index in [2.05, 4.69) is 55.8 Å². The van der Waals surface area contributed by atoms with Gasteiger partial charge in [-0.2, -0.15) is 0 Å². The summed E-state index contributed by atoms with van der Waals surface area (Å²) >= 11 is 0. The number of carbonyl (C=O) groups is 1. The summed E-state index contributed by atoms with van der Waals surface area (Å²) in [5.74, 6) is 1.54. The highest BCUT2D eigenvalue weighted by Gasteiger charge is 2.35. The van der Waals surface area contributed by atoms with Gasteiger partial charge < -0.3 is 10.6 Å². The van der Waals surface area contributed by atoms with Crippen LogP contribution in [0.1, 0.15) is 36.9 Å². The van der Waals surface area contributed by atoms with Crippen LogP contribution in [0.4, 0.5) is 0 Å². The quantitative estimate of drug-likeness (QED) is 0.626. The zero-order chi connectivity index (χ0) is 19.9. The number of carbonyl (C=O) groups excluding carboxylic acids is 1. The number of halogens is 2. The fourth-order valence-corrected chi connectivity index (χ4v) is 4.76. The van der Waals surface area contributed by atoms with E-state index >= 15 is 0 Å². The molecule has 0 radical (unpaired) electrons. The summed E-state index contributed by atoms with van der Waals surface area (Å²) in [6.45, 7) is 4.95. The molecule has 2 aliphatic heterocycles. The number of hydrogen-bond acceptors (Lipinski definition) is 5. The Labute approximate surface area is 197 Å². The van der Waals surface area contributed by atoms with Crippen molar-refractivity contribution in [3.63, 3.8) is 0 Å². The van der Waals surface area contributed by atoms with E-state index in [0.717, 1.165) is 44.1 Å². The van der Waals surface area contributed by atoms with Gasteiger partial charge in [0.1, 0.15) is 0 Å². The Kier molecular flexibility index (Phi) is 10.7. The maximum Gasteiger partial charge on any atom is 0.220 e. The van der Waals surface area contributed by atoms with Crippen molar-refractivity contribution in [3.05, 3.63) is 60.2 Å². The lowest BCUT2D eigenvalue weighted by Crippen LogP contribution is -2.55. The lowest BCUT2D eigenvalue weighted by atomic mass is 9.79. The molecule has 2 saturated heterocycles. The fraction of sp³-hybridized carbons (Fsp3) is 0.522. The van der Waals surface area contributed by atoms with Gasteiger partial charge in [-0.1, -0.05) is 30.3 Å². The minimum absolute atomic E-state index is 0. The molecular formula is C23H33Cl2N5O. The Balaban J connectivity index is 0.00000171. The summed E-state index contributed by atoms with van der Waals surface area (Å²) < 4.78 is 0. The molecule has 2 aromatic rings. The fourth-order valence-electron chi connectivity index (χ4n) is 4.76. The van der Waals surface area contributed by atoms with Crippen molar-refractivity contribution in [1.82, 2.24) is 25.5 Å². The molecule has 0 unspecified atom stereocenters. The largest absolute Gasteiger partial charge is 0.350 e. The number of nitrogens with zero attached hydrogens (tertiary/aromatic N) is 3. The zero-order valence-corrected chi connectivity index (χ0v) is 19.4. The van der Waals surface area contributed by atoms with Crippen molar-refractivity contribution >= 4 is 30.7 Å². The van der Waals surface area contributed by atoms with Crippen LogP contribution in [-0.4, -0.2) is 46.5 Å². The third kappa shape index (κ3) is 7.72. The van der Waals surface area contributed by atoms with Gasteiger partial charge in [0.15, 0.2) is 0 Å². The van der Waals surface area contributed by atoms with Gasteiger partial charge in [-0.3, -0.25) is 19.7 Å². The van der Waals surface area contributed by atoms with Crippen LogP contribution in [-0.2, 0) is 17.9 Å². The first kappa shape index (κ1) is 25.5. The van der Waals surface area contributed by atoms with Crippen LogP contribution in [0.15, 0.2) is 48.9 Å². The number of aromatic nitrogens is 2. The molecule has 3 heterocycles. The first-order valence-corrected chi connectivity index (χ1v) is 10.8. The molecule has 0 spiro atoms. The number of likely N-dealkylation sites (tertiary alicyclic amines) is 1. The highest BCUT2D eigenvalue weighted by atomic mass is 35.5. The molecule has 2 fully saturated rings. The van der Waals surface area contributed by atoms with E-state index in [9.17, 15) is 4.79 Å². The van der Waals surface area contributed by atoms with Crippen molar-refractivity contribution in [3.8, 4) is 0 Å². The summed E-state index contributed by atoms with van der Waals surface area (Å²) in [7, 11) is 0. The number of piperidine rings is 2. The van der Waals surface area contributed by atoms with E-state index in [4.69, 9.17) is 0 Å². The van der Waals surface area contributed by atoms with E-state index in [1.165, 1.54) is 18.5 Å². The second-order valence-corrected chi connectivity index (χ2v) is 8.42. The molecule has 6 nitrogen and oxygen atoms in total. The first-order valence-electron chi connectivity index (χ1n) is 10.8. The summed E-state index contributed by atoms with van der Waals surface area (Å²) in [6, 6.07) is 11.3. The Hall–Kier alpha value is -1.73. The van der Waals surface area contributed by atoms with Gasteiger partial charge in [0.25, 0.3) is 0 Å². The van der Waals surface area contributed by atoms with Crippen molar-refractivity contribution < 1.29 is 4.79 Å². The minimum Gasteiger partial charge on any atom is -0.350 e. The number of nitrogens with one attached hydrogen (secondary N) is 2. The molecule has 2 bridgehead atoms. The number of amides is 1. The molecule has 1 amide bonds. The first-order chi connectivity index (χ1) is 14.3. The summed E-state index contributed by atoms with van der Waals surface area (Å²) in [5.41, 5.74) is 2.19. The molecule has 3 atom stereocenters. The van der Waals surface area contributed by atoms with Crippen LogP contribution in [0.2, 0.25) is 0 Å². The molecule has 1 aromatic heterocycles. The van der Waals surface area contributed by atoms with E-state index in [1.807, 2.05) is 0 Å². The maximum atomic E-state index is 12.1. The van der Waals surface area contributed by atoms with Crippen LogP contribution in [0.25, 0.3) is 0 Å². The predicted octanol–water partition coefficient (Wildman–Crippen LogP) is 3.22. The van der Waals surface area contributed by atoms with Gasteiger partial charge in [-0.05, 0) is 43.2 Å². The molecule has 2 aliphatic rings. The van der Waals surface area contributed by atoms with Crippen LogP contribution in [0.3, 0.4) is 0 Å². The molecule has 0 aliphatic carbocycles. The molecule has 1 aromatic carbocycles. The minimum atomic E-state index is 0. The Morgan fingerprint density at radius 2 is 2.00 bits per heavy atom. The average molecular weight is 466 g/mol. The lowest BCUT2D eigenvalue weighted by molar-refractivity contribution is -0.121. The smallest absolute Gasteiger partial charge is 0.220 e. The lowest BCUT2D eigenvalue weighted by Gasteiger charge is -2.46. The number of fused-ring (bicyclic) bond motifs is 2. The van der Waals surface area contributed by atoms with Crippen molar-refractivity contribution in [2.24, 2.45) is 11.8 Å². The van der Waals surface area contributed by atoms with Gasteiger partial charge in [-0.25, -0.2) is 0 Å². The van der Waals surface area contributed by atoms with E-state index in [-0.39, 0.29) is 30.7 Å². The second kappa shape index (κ2) is 13.0. The van der Waals surface area contributed by atoms with Gasteiger partial charge in [0.2, 0.25) is 5.91 Å². The summed E-state index contributed by atoms with van der Waals surface area (Å²) in [4.78, 5) is 23.0. The van der Waals surface area contributed by atoms with Crippen LogP contribution in [0, 0.1) is 11.8 Å². The van der Waals surface area contributed by atoms with Gasteiger partial charge in [0.05, 0.1) is 18.4 Å². The highest BCUT2D eigenvalue weighted by Crippen LogP contribution is 2.31. The predicted molar refractivity (Wildman–Crippen MR) is 127 cm³/mol. The monoisotopic (exact) mass is 465 g/mol. The molecular weight excluding hydrogens is 433 g/mol. The Bertz CT molecular complexity index is 780. The average Bonchev–Trinajstić information content (AvgIpc) is 2.75. The molecule has 31 heavy (non-hydrogen) atoms. The standard InChI is InChI=1S/C23H31N5O.2ClH/c29-23(27-14-21-13-24-9-10-25-21)8-4-7-22-20-11-19(12-26-22)16-28(17-20)15-18-5-2-1-3-6-18;;/h1-3,5-6,9-10,13,19-20,22,26H,4,7-8,11-12,14-17H2,(H,27,29);2*1H/t19-,20+,22+;;/m0../s1. The Morgan fingerprint density at radius 1 is 1.16 bits per heavy atom. The number of benzene rings is 1. The van der Waals surface area contributed by atoms with Crippen molar-refractivity contribution in [1.29, 1.82) is 0 Å². The summed E-state index contributed by atoms with van der Waals surface area (Å²) in [5, 5.41) is 6.70. The summed E-state index contributed by atoms with van der Waals surface area (Å²) in [6.07, 6.45) is 8.85. The molecule has 2 N–H and O–H groups in total. The topological polar surface area (TPSA) is 70.2 Å². The maximum absolute atomic E-state index is 12.1. The number of hydrogen-bond donors (Lipinski definition) is 2. The van der Waals surface area contributed by atoms with Crippen molar-refractivity contribution in [2.75, 3.05) is 19.6 Å². The van der Waals surface area contributed by atoms with E-state index < -0.39 is 0 Å². The van der Waals surface area contributed by atoms with Gasteiger partial charge >= 0.3 is 0 Å². The zero-order valence-electron chi connectivity index (χ0n) is 17.8. The van der Waals surface area contributed by atoms with Crippen LogP contribution >= 0.6 is 24.8 Å². The van der Waals surface area contributed by atoms with Gasteiger partial charge in [-0.15, -0.1) is 24.8 Å². The van der Waals surface area contributed by atoms with E-state index in [0.29, 0.717) is 24.9 Å². The SMILES string of the molecule is Cl.Cl.O=C(CCC[C@H]1NC[C@@H]2C[C@@H]1CN(Cc1ccccc1)C2)NCc1cnccn1.